The topological polar surface area (TPSA) is 295 Å². The molecule has 6 heterocycles. The summed E-state index contributed by atoms with van der Waals surface area (Å²) in [5, 5.41) is 56.7. The van der Waals surface area contributed by atoms with Gasteiger partial charge in [0.15, 0.2) is 12.6 Å². The average Bonchev–Trinajstić information content (AvgIpc) is 1.70. The molecular formula is C87H67Cl5F12N8O12S5. The summed E-state index contributed by atoms with van der Waals surface area (Å²) in [6.07, 6.45) is -11.5. The van der Waals surface area contributed by atoms with E-state index in [9.17, 15) is 66.2 Å². The first-order valence-corrected chi connectivity index (χ1v) is 44.9. The Bertz CT molecular complexity index is 6090. The van der Waals surface area contributed by atoms with Crippen molar-refractivity contribution in [3.63, 3.8) is 0 Å². The second-order valence-electron chi connectivity index (χ2n) is 27.2. The summed E-state index contributed by atoms with van der Waals surface area (Å²) < 4.78 is 221. The van der Waals surface area contributed by atoms with Crippen molar-refractivity contribution in [2.24, 2.45) is 0 Å². The Labute approximate surface area is 771 Å². The van der Waals surface area contributed by atoms with E-state index in [1.165, 1.54) is 125 Å². The van der Waals surface area contributed by atoms with Crippen molar-refractivity contribution in [2.45, 2.75) is 128 Å². The summed E-state index contributed by atoms with van der Waals surface area (Å²) in [5.74, 6) is 1.65. The number of aliphatic hydroxyl groups is 1. The van der Waals surface area contributed by atoms with Crippen LogP contribution in [0.2, 0.25) is 20.1 Å². The molecule has 2 aliphatic rings. The van der Waals surface area contributed by atoms with Crippen molar-refractivity contribution in [3.05, 3.63) is 277 Å². The van der Waals surface area contributed by atoms with Gasteiger partial charge in [0.2, 0.25) is 0 Å². The fraction of sp³-hybridized carbons (Fsp3) is 0.264. The highest BCUT2D eigenvalue weighted by Crippen LogP contribution is 2.41. The normalized spacial score (nSPS) is 13.9. The molecular weight excluding hydrogens is 1910 g/mol. The SMILES string of the molecule is CS(=O)(=O)OCc1nc(-c2ccc(C(F)(F)F)cc2)sc1COc1ccc(C#N)c(Cl)c1.FC(F)(F)c1ccc(-c2nc(COC3CCCCO3)c(CCl)s2)cc1.N#Cc1ccc(O)cc1Cl.N#Cc1ccc(OCc2sc(-c3ccc(C(F)(F)F)cc3)nc2CO)cc1Cl.N#Cc1ccc(OCc2sc(-c3ccc(C(F)(F)F)cc3)nc2COC2CCCCO2)cc1Cl. The molecule has 0 spiro atoms. The van der Waals surface area contributed by atoms with Crippen molar-refractivity contribution in [2.75, 3.05) is 19.5 Å². The highest BCUT2D eigenvalue weighted by atomic mass is 35.5. The Morgan fingerprint density at radius 1 is 0.411 bits per heavy atom. The molecule has 0 amide bonds. The number of aromatic nitrogens is 4. The van der Waals surface area contributed by atoms with Gasteiger partial charge in [-0.2, -0.15) is 82.2 Å². The Morgan fingerprint density at radius 3 is 0.969 bits per heavy atom. The van der Waals surface area contributed by atoms with Crippen LogP contribution in [0.3, 0.4) is 0 Å². The van der Waals surface area contributed by atoms with Crippen molar-refractivity contribution in [1.82, 2.24) is 19.9 Å². The fourth-order valence-corrected chi connectivity index (χ4v) is 16.8. The number of phenolic OH excluding ortho intramolecular Hbond substituents is 1. The number of halogens is 17. The monoisotopic (exact) mass is 1980 g/mol. The van der Waals surface area contributed by atoms with Crippen LogP contribution in [0.25, 0.3) is 42.3 Å². The zero-order chi connectivity index (χ0) is 93.4. The maximum absolute atomic E-state index is 12.9. The molecule has 676 valence electrons. The lowest BCUT2D eigenvalue weighted by Gasteiger charge is -2.22. The predicted octanol–water partition coefficient (Wildman–Crippen LogP) is 25.3. The fourth-order valence-electron chi connectivity index (χ4n) is 11.4. The van der Waals surface area contributed by atoms with Gasteiger partial charge in [0, 0.05) is 58.5 Å². The molecule has 2 N–H and O–H groups in total. The second-order valence-corrected chi connectivity index (χ2v) is 35.1. The van der Waals surface area contributed by atoms with E-state index >= 15 is 0 Å². The summed E-state index contributed by atoms with van der Waals surface area (Å²) in [4.78, 5) is 20.5. The largest absolute Gasteiger partial charge is 0.508 e. The predicted molar refractivity (Wildman–Crippen MR) is 461 cm³/mol. The number of ether oxygens (including phenoxy) is 7. The third-order valence-electron chi connectivity index (χ3n) is 18.1. The summed E-state index contributed by atoms with van der Waals surface area (Å²) in [6.45, 7) is 1.35. The molecule has 42 heteroatoms. The molecule has 2 atom stereocenters. The van der Waals surface area contributed by atoms with E-state index in [2.05, 4.69) is 19.9 Å². The lowest BCUT2D eigenvalue weighted by molar-refractivity contribution is -0.169. The number of thiazole rings is 4. The van der Waals surface area contributed by atoms with Crippen LogP contribution in [0.15, 0.2) is 170 Å². The maximum atomic E-state index is 12.9. The van der Waals surface area contributed by atoms with Crippen LogP contribution < -0.4 is 14.2 Å². The number of aromatic hydroxyl groups is 1. The standard InChI is InChI=1S/C24H20ClF3N2O3S.C20H14ClF3N2O4S2.C19H12ClF3N2O2S.C17H17ClF3NO2S.C7H4ClNO/c25-19-11-18(9-6-16(19)12-29)32-14-21-20(13-33-22-3-1-2-10-31-22)30-23(34-21)15-4-7-17(8-5-15)24(26,27)28;1-32(27,28)30-10-17-18(11-29-15-7-4-13(9-25)16(21)8-15)31-19(26-17)12-2-5-14(6-3-12)20(22,23)24;20-15-7-14(6-3-12(15)8-24)27-10-17-16(9-26)25-18(28-17)11-1-4-13(5-2-11)19(21,22)23;18-9-14-13(10-24-15-3-1-2-8-23-15)22-16(25-14)11-4-6-12(7-5-11)17(19,20)21;8-7-3-6(10)2-1-5(7)4-9/h4-9,11,22H,1-3,10,13-14H2;2-8H,10-11H2,1H3;1-7,26H,9-10H2;4-7,15H,1-3,8-10H2;1-3,10H. The van der Waals surface area contributed by atoms with Gasteiger partial charge in [-0.15, -0.1) is 56.9 Å². The molecule has 4 aromatic heterocycles. The third kappa shape index (κ3) is 30.2. The van der Waals surface area contributed by atoms with Gasteiger partial charge in [0.05, 0.1) is 134 Å². The van der Waals surface area contributed by atoms with Gasteiger partial charge in [0.1, 0.15) is 93.7 Å². The van der Waals surface area contributed by atoms with Crippen LogP contribution in [-0.4, -0.2) is 70.6 Å². The second kappa shape index (κ2) is 46.5. The van der Waals surface area contributed by atoms with Gasteiger partial charge in [-0.3, -0.25) is 4.18 Å². The minimum Gasteiger partial charge on any atom is -0.508 e. The number of hydrogen-bond acceptors (Lipinski definition) is 24. The molecule has 2 saturated heterocycles. The molecule has 0 aliphatic carbocycles. The quantitative estimate of drug-likeness (QED) is 0.0323. The molecule has 8 aromatic carbocycles. The lowest BCUT2D eigenvalue weighted by atomic mass is 10.1. The van der Waals surface area contributed by atoms with Gasteiger partial charge in [-0.05, 0) is 142 Å². The van der Waals surface area contributed by atoms with Crippen LogP contribution in [0.5, 0.6) is 23.0 Å². The molecule has 14 rings (SSSR count). The van der Waals surface area contributed by atoms with Crippen LogP contribution in [-0.2, 0) is 110 Å². The highest BCUT2D eigenvalue weighted by Gasteiger charge is 2.34. The van der Waals surface area contributed by atoms with Crippen LogP contribution in [0.1, 0.15) is 125 Å². The first-order chi connectivity index (χ1) is 61.3. The molecule has 2 aliphatic heterocycles. The summed E-state index contributed by atoms with van der Waals surface area (Å²) >= 11 is 34.6. The molecule has 20 nitrogen and oxygen atoms in total. The summed E-state index contributed by atoms with van der Waals surface area (Å²) in [6, 6.07) is 44.9. The van der Waals surface area contributed by atoms with Gasteiger partial charge in [0.25, 0.3) is 10.1 Å². The molecule has 129 heavy (non-hydrogen) atoms. The molecule has 0 radical (unpaired) electrons. The third-order valence-corrected chi connectivity index (χ3v) is 24.8. The van der Waals surface area contributed by atoms with Gasteiger partial charge >= 0.3 is 24.7 Å². The van der Waals surface area contributed by atoms with E-state index in [-0.39, 0.29) is 102 Å². The zero-order valence-electron chi connectivity index (χ0n) is 66.7. The number of benzene rings is 8. The molecule has 12 aromatic rings. The van der Waals surface area contributed by atoms with Crippen molar-refractivity contribution in [3.8, 4) is 89.6 Å². The van der Waals surface area contributed by atoms with E-state index in [0.717, 1.165) is 114 Å². The highest BCUT2D eigenvalue weighted by molar-refractivity contribution is 7.85. The summed E-state index contributed by atoms with van der Waals surface area (Å²) in [7, 11) is -3.75. The van der Waals surface area contributed by atoms with Crippen LogP contribution in [0.4, 0.5) is 52.7 Å². The van der Waals surface area contributed by atoms with E-state index < -0.39 is 57.1 Å². The molecule has 0 saturated carbocycles. The van der Waals surface area contributed by atoms with Gasteiger partial charge in [-0.25, -0.2) is 19.9 Å². The lowest BCUT2D eigenvalue weighted by Crippen LogP contribution is -2.22. The van der Waals surface area contributed by atoms with Crippen LogP contribution in [0, 0.1) is 45.3 Å². The van der Waals surface area contributed by atoms with E-state index in [1.807, 2.05) is 24.3 Å². The van der Waals surface area contributed by atoms with Crippen LogP contribution >= 0.6 is 103 Å². The minimum absolute atomic E-state index is 0.0248. The van der Waals surface area contributed by atoms with Crippen molar-refractivity contribution < 1.29 is 109 Å². The van der Waals surface area contributed by atoms with Crippen molar-refractivity contribution in [1.29, 1.82) is 21.0 Å². The number of nitrogens with zero attached hydrogens (tertiary/aromatic N) is 8. The number of phenols is 1. The maximum Gasteiger partial charge on any atom is 0.416 e. The van der Waals surface area contributed by atoms with E-state index in [0.29, 0.717) is 116 Å². The molecule has 2 fully saturated rings. The smallest absolute Gasteiger partial charge is 0.416 e. The first-order valence-electron chi connectivity index (χ1n) is 37.8. The van der Waals surface area contributed by atoms with E-state index in [4.69, 9.17) is 121 Å². The zero-order valence-corrected chi connectivity index (χ0v) is 74.5. The van der Waals surface area contributed by atoms with E-state index in [1.54, 1.807) is 30.3 Å². The van der Waals surface area contributed by atoms with Crippen molar-refractivity contribution >= 4 is 113 Å². The Kier molecular flexibility index (Phi) is 36.4. The number of rotatable bonds is 24. The molecule has 2 unspecified atom stereocenters. The Hall–Kier alpha value is -10.2. The van der Waals surface area contributed by atoms with Gasteiger partial charge in [-0.1, -0.05) is 94.9 Å². The average molecular weight is 1980 g/mol. The van der Waals surface area contributed by atoms with Gasteiger partial charge < -0.3 is 43.4 Å². The molecule has 0 bridgehead atoms. The number of aliphatic hydroxyl groups excluding tert-OH is 1. The first kappa shape index (κ1) is 101. The number of nitriles is 4. The Morgan fingerprint density at radius 2 is 0.698 bits per heavy atom. The summed E-state index contributed by atoms with van der Waals surface area (Å²) in [5.41, 5.74) is 2.55. The minimum atomic E-state index is -4.46. The number of alkyl halides is 13. The number of hydrogen-bond donors (Lipinski definition) is 2. The Balaban J connectivity index is 0.000000173.